The number of piperidine rings is 1. The van der Waals surface area contributed by atoms with Gasteiger partial charge < -0.3 is 9.80 Å². The minimum Gasteiger partial charge on any atom is -0.361 e. The van der Waals surface area contributed by atoms with E-state index in [1.54, 1.807) is 23.4 Å². The van der Waals surface area contributed by atoms with Crippen LogP contribution in [0.15, 0.2) is 25.0 Å². The first kappa shape index (κ1) is 18.3. The van der Waals surface area contributed by atoms with E-state index in [1.165, 1.54) is 6.33 Å². The lowest BCUT2D eigenvalue weighted by atomic mass is 9.93. The van der Waals surface area contributed by atoms with Gasteiger partial charge in [0.2, 0.25) is 5.91 Å². The predicted molar refractivity (Wildman–Crippen MR) is 98.6 cm³/mol. The predicted octanol–water partition coefficient (Wildman–Crippen LogP) is 1.40. The van der Waals surface area contributed by atoms with Gasteiger partial charge >= 0.3 is 0 Å². The van der Waals surface area contributed by atoms with Gasteiger partial charge in [0.25, 0.3) is 0 Å². The molecule has 1 atom stereocenters. The smallest absolute Gasteiger partial charge is 0.222 e. The van der Waals surface area contributed by atoms with Crippen LogP contribution in [0.1, 0.15) is 31.4 Å². The zero-order valence-corrected chi connectivity index (χ0v) is 15.6. The topological polar surface area (TPSA) is 80.0 Å². The summed E-state index contributed by atoms with van der Waals surface area (Å²) in [6, 6.07) is 0. The molecule has 140 valence electrons. The van der Waals surface area contributed by atoms with Gasteiger partial charge in [-0.15, -0.1) is 0 Å². The SMILES string of the molecule is CN(C)c1nccnc1C[C@@H]1CCCN(C(=O)CCCn2cncn2)C1. The average Bonchev–Trinajstić information content (AvgIpc) is 3.15. The van der Waals surface area contributed by atoms with Gasteiger partial charge in [-0.05, 0) is 31.6 Å². The summed E-state index contributed by atoms with van der Waals surface area (Å²) in [5.74, 6) is 1.60. The monoisotopic (exact) mass is 357 g/mol. The number of carbonyl (C=O) groups is 1. The minimum absolute atomic E-state index is 0.238. The second-order valence-electron chi connectivity index (χ2n) is 7.04. The Morgan fingerprint density at radius 1 is 1.31 bits per heavy atom. The van der Waals surface area contributed by atoms with E-state index < -0.39 is 0 Å². The number of amides is 1. The molecule has 0 N–H and O–H groups in total. The summed E-state index contributed by atoms with van der Waals surface area (Å²) in [7, 11) is 3.97. The molecule has 3 rings (SSSR count). The van der Waals surface area contributed by atoms with Crippen LogP contribution in [-0.2, 0) is 17.8 Å². The minimum atomic E-state index is 0.238. The molecule has 8 nitrogen and oxygen atoms in total. The molecule has 1 saturated heterocycles. The molecule has 1 fully saturated rings. The maximum Gasteiger partial charge on any atom is 0.222 e. The summed E-state index contributed by atoms with van der Waals surface area (Å²) in [5.41, 5.74) is 1.02. The van der Waals surface area contributed by atoms with Crippen molar-refractivity contribution in [3.8, 4) is 0 Å². The van der Waals surface area contributed by atoms with Gasteiger partial charge in [-0.2, -0.15) is 5.10 Å². The van der Waals surface area contributed by atoms with Crippen LogP contribution in [0.3, 0.4) is 0 Å². The first-order chi connectivity index (χ1) is 12.6. The van der Waals surface area contributed by atoms with Crippen molar-refractivity contribution in [3.05, 3.63) is 30.7 Å². The fourth-order valence-corrected chi connectivity index (χ4v) is 3.51. The van der Waals surface area contributed by atoms with E-state index in [1.807, 2.05) is 23.9 Å². The van der Waals surface area contributed by atoms with Crippen molar-refractivity contribution in [2.75, 3.05) is 32.1 Å². The quantitative estimate of drug-likeness (QED) is 0.745. The average molecular weight is 357 g/mol. The van der Waals surface area contributed by atoms with E-state index in [0.29, 0.717) is 12.3 Å². The molecule has 0 radical (unpaired) electrons. The molecular formula is C18H27N7O. The van der Waals surface area contributed by atoms with E-state index in [0.717, 1.165) is 56.8 Å². The number of hydrogen-bond donors (Lipinski definition) is 0. The van der Waals surface area contributed by atoms with Gasteiger partial charge in [0.05, 0.1) is 5.69 Å². The van der Waals surface area contributed by atoms with Gasteiger partial charge in [-0.1, -0.05) is 0 Å². The van der Waals surface area contributed by atoms with E-state index >= 15 is 0 Å². The Bertz CT molecular complexity index is 701. The van der Waals surface area contributed by atoms with Crippen molar-refractivity contribution in [2.24, 2.45) is 5.92 Å². The Balaban J connectivity index is 1.51. The molecule has 0 saturated carbocycles. The summed E-state index contributed by atoms with van der Waals surface area (Å²) in [5, 5.41) is 4.07. The third-order valence-corrected chi connectivity index (χ3v) is 4.77. The molecule has 0 bridgehead atoms. The number of carbonyl (C=O) groups excluding carboxylic acids is 1. The number of likely N-dealkylation sites (tertiary alicyclic amines) is 1. The van der Waals surface area contributed by atoms with Crippen LogP contribution in [0, 0.1) is 5.92 Å². The maximum atomic E-state index is 12.5. The normalized spacial score (nSPS) is 17.3. The summed E-state index contributed by atoms with van der Waals surface area (Å²) < 4.78 is 1.77. The van der Waals surface area contributed by atoms with Crippen molar-refractivity contribution >= 4 is 11.7 Å². The third kappa shape index (κ3) is 4.77. The molecular weight excluding hydrogens is 330 g/mol. The van der Waals surface area contributed by atoms with E-state index in [2.05, 4.69) is 20.1 Å². The highest BCUT2D eigenvalue weighted by Gasteiger charge is 2.25. The fraction of sp³-hybridized carbons (Fsp3) is 0.611. The van der Waals surface area contributed by atoms with E-state index in [-0.39, 0.29) is 5.91 Å². The lowest BCUT2D eigenvalue weighted by molar-refractivity contribution is -0.133. The maximum absolute atomic E-state index is 12.5. The summed E-state index contributed by atoms with van der Waals surface area (Å²) >= 11 is 0. The van der Waals surface area contributed by atoms with Crippen molar-refractivity contribution in [2.45, 2.75) is 38.6 Å². The largest absolute Gasteiger partial charge is 0.361 e. The van der Waals surface area contributed by atoms with Gasteiger partial charge in [-0.3, -0.25) is 14.5 Å². The summed E-state index contributed by atoms with van der Waals surface area (Å²) in [6.07, 6.45) is 11.1. The standard InChI is InChI=1S/C18H27N7O/c1-23(2)18-16(20-7-8-21-18)11-15-5-3-9-24(12-15)17(26)6-4-10-25-14-19-13-22-25/h7-8,13-15H,3-6,9-12H2,1-2H3/t15-/m0/s1. The van der Waals surface area contributed by atoms with Crippen LogP contribution in [0.25, 0.3) is 0 Å². The first-order valence-corrected chi connectivity index (χ1v) is 9.21. The van der Waals surface area contributed by atoms with Crippen LogP contribution < -0.4 is 4.90 Å². The molecule has 0 aliphatic carbocycles. The summed E-state index contributed by atoms with van der Waals surface area (Å²) in [4.78, 5) is 29.4. The number of aryl methyl sites for hydroxylation is 1. The zero-order valence-electron chi connectivity index (χ0n) is 15.6. The Kier molecular flexibility index (Phi) is 6.14. The fourth-order valence-electron chi connectivity index (χ4n) is 3.51. The number of anilines is 1. The third-order valence-electron chi connectivity index (χ3n) is 4.77. The lowest BCUT2D eigenvalue weighted by Crippen LogP contribution is -2.40. The van der Waals surface area contributed by atoms with Crippen LogP contribution in [0.5, 0.6) is 0 Å². The molecule has 2 aromatic heterocycles. The van der Waals surface area contributed by atoms with E-state index in [4.69, 9.17) is 0 Å². The molecule has 1 aliphatic rings. The second kappa shape index (κ2) is 8.73. The molecule has 0 aromatic carbocycles. The highest BCUT2D eigenvalue weighted by atomic mass is 16.2. The van der Waals surface area contributed by atoms with Crippen molar-refractivity contribution in [1.29, 1.82) is 0 Å². The molecule has 1 aliphatic heterocycles. The Labute approximate surface area is 154 Å². The Hall–Kier alpha value is -2.51. The number of nitrogens with zero attached hydrogens (tertiary/aromatic N) is 7. The highest BCUT2D eigenvalue weighted by Crippen LogP contribution is 2.24. The number of rotatable bonds is 7. The molecule has 3 heterocycles. The zero-order chi connectivity index (χ0) is 18.4. The molecule has 0 spiro atoms. The van der Waals surface area contributed by atoms with Gasteiger partial charge in [0.15, 0.2) is 0 Å². The Morgan fingerprint density at radius 3 is 2.92 bits per heavy atom. The van der Waals surface area contributed by atoms with Crippen LogP contribution >= 0.6 is 0 Å². The van der Waals surface area contributed by atoms with Crippen molar-refractivity contribution in [1.82, 2.24) is 29.6 Å². The van der Waals surface area contributed by atoms with Crippen molar-refractivity contribution < 1.29 is 4.79 Å². The van der Waals surface area contributed by atoms with Crippen LogP contribution in [0.2, 0.25) is 0 Å². The number of aromatic nitrogens is 5. The molecule has 1 amide bonds. The molecule has 26 heavy (non-hydrogen) atoms. The van der Waals surface area contributed by atoms with Gasteiger partial charge in [0, 0.05) is 52.5 Å². The lowest BCUT2D eigenvalue weighted by Gasteiger charge is -2.33. The Morgan fingerprint density at radius 2 is 2.15 bits per heavy atom. The first-order valence-electron chi connectivity index (χ1n) is 9.21. The van der Waals surface area contributed by atoms with Gasteiger partial charge in [0.1, 0.15) is 18.5 Å². The van der Waals surface area contributed by atoms with Crippen molar-refractivity contribution in [3.63, 3.8) is 0 Å². The number of hydrogen-bond acceptors (Lipinski definition) is 6. The molecule has 2 aromatic rings. The van der Waals surface area contributed by atoms with Crippen LogP contribution in [-0.4, -0.2) is 62.7 Å². The van der Waals surface area contributed by atoms with Crippen LogP contribution in [0.4, 0.5) is 5.82 Å². The van der Waals surface area contributed by atoms with E-state index in [9.17, 15) is 4.79 Å². The summed E-state index contributed by atoms with van der Waals surface area (Å²) in [6.45, 7) is 2.40. The molecule has 0 unspecified atom stereocenters. The molecule has 8 heteroatoms. The second-order valence-corrected chi connectivity index (χ2v) is 7.04. The van der Waals surface area contributed by atoms with Gasteiger partial charge in [-0.25, -0.2) is 9.97 Å². The highest BCUT2D eigenvalue weighted by molar-refractivity contribution is 5.76.